The maximum atomic E-state index is 13.8. The fourth-order valence-corrected chi connectivity index (χ4v) is 4.84. The molecule has 2 aromatic rings. The first kappa shape index (κ1) is 25.7. The topological polar surface area (TPSA) is 78.9 Å². The smallest absolute Gasteiger partial charge is 0.326 e. The summed E-state index contributed by atoms with van der Waals surface area (Å²) in [6.07, 6.45) is 3.71. The van der Waals surface area contributed by atoms with Crippen LogP contribution in [-0.2, 0) is 0 Å². The Bertz CT molecular complexity index is 1150. The molecule has 2 aromatic carbocycles. The van der Waals surface area contributed by atoms with Gasteiger partial charge in [0, 0.05) is 24.6 Å². The summed E-state index contributed by atoms with van der Waals surface area (Å²) in [5, 5.41) is 13.6. The number of halogens is 2. The summed E-state index contributed by atoms with van der Waals surface area (Å²) in [4.78, 5) is 25.4. The Balaban J connectivity index is 1.61. The van der Waals surface area contributed by atoms with Crippen molar-refractivity contribution >= 4 is 18.0 Å². The molecule has 1 aliphatic carbocycles. The van der Waals surface area contributed by atoms with E-state index in [-0.39, 0.29) is 24.0 Å². The summed E-state index contributed by atoms with van der Waals surface area (Å²) in [6, 6.07) is 10.2. The molecule has 0 saturated heterocycles. The lowest BCUT2D eigenvalue weighted by atomic mass is 9.73. The highest BCUT2D eigenvalue weighted by molar-refractivity contribution is 5.96. The number of urea groups is 1. The van der Waals surface area contributed by atoms with Gasteiger partial charge in [0.25, 0.3) is 0 Å². The summed E-state index contributed by atoms with van der Waals surface area (Å²) in [5.74, 6) is -2.89. The van der Waals surface area contributed by atoms with Crippen molar-refractivity contribution in [3.8, 4) is 11.5 Å². The van der Waals surface area contributed by atoms with Gasteiger partial charge in [-0.2, -0.15) is 0 Å². The molecule has 2 aliphatic rings. The van der Waals surface area contributed by atoms with E-state index in [1.165, 1.54) is 11.0 Å². The maximum absolute atomic E-state index is 13.8. The molecule has 6 nitrogen and oxygen atoms in total. The van der Waals surface area contributed by atoms with Crippen LogP contribution in [0, 0.1) is 11.3 Å². The van der Waals surface area contributed by atoms with Crippen LogP contribution in [0.15, 0.2) is 54.2 Å². The van der Waals surface area contributed by atoms with Gasteiger partial charge in [-0.25, -0.2) is 13.6 Å². The molecule has 2 amide bonds. The van der Waals surface area contributed by atoms with Gasteiger partial charge in [0.1, 0.15) is 6.29 Å². The Kier molecular flexibility index (Phi) is 7.07. The largest absolute Gasteiger partial charge is 0.504 e. The van der Waals surface area contributed by atoms with E-state index in [0.717, 1.165) is 12.8 Å². The van der Waals surface area contributed by atoms with Gasteiger partial charge in [-0.05, 0) is 65.3 Å². The zero-order chi connectivity index (χ0) is 26.1. The third-order valence-electron chi connectivity index (χ3n) is 6.83. The Labute approximate surface area is 209 Å². The minimum Gasteiger partial charge on any atom is -0.504 e. The second-order valence-electron chi connectivity index (χ2n) is 10.5. The first-order valence-electron chi connectivity index (χ1n) is 12.2. The average molecular weight is 499 g/mol. The lowest BCUT2D eigenvalue weighted by Gasteiger charge is -2.42. The lowest BCUT2D eigenvalue weighted by Crippen LogP contribution is -2.48. The number of aromatic hydroxyl groups is 1. The highest BCUT2D eigenvalue weighted by Crippen LogP contribution is 2.50. The molecule has 2 N–H and O–H groups in total. The third-order valence-corrected chi connectivity index (χ3v) is 6.83. The number of benzene rings is 2. The van der Waals surface area contributed by atoms with Crippen LogP contribution < -0.4 is 15.0 Å². The third kappa shape index (κ3) is 5.53. The number of carbonyl (C=O) groups excluding carboxylic acids is 2. The van der Waals surface area contributed by atoms with Crippen molar-refractivity contribution < 1.29 is 28.2 Å². The molecular weight excluding hydrogens is 466 g/mol. The Morgan fingerprint density at radius 3 is 2.47 bits per heavy atom. The molecule has 0 bridgehead atoms. The number of hydrogen-bond acceptors (Lipinski definition) is 4. The lowest BCUT2D eigenvalue weighted by molar-refractivity contribution is -0.101. The zero-order valence-corrected chi connectivity index (χ0v) is 20.8. The summed E-state index contributed by atoms with van der Waals surface area (Å²) in [6.45, 7) is 6.75. The second-order valence-corrected chi connectivity index (χ2v) is 10.5. The number of anilines is 1. The average Bonchev–Trinajstić information content (AvgIpc) is 2.81. The monoisotopic (exact) mass is 498 g/mol. The molecule has 0 unspecified atom stereocenters. The van der Waals surface area contributed by atoms with Gasteiger partial charge in [0.2, 0.25) is 5.92 Å². The fourth-order valence-electron chi connectivity index (χ4n) is 4.84. The van der Waals surface area contributed by atoms with Crippen LogP contribution >= 0.6 is 0 Å². The Hall–Kier alpha value is -3.42. The minimum absolute atomic E-state index is 0.0457. The molecule has 1 fully saturated rings. The molecule has 4 rings (SSSR count). The van der Waals surface area contributed by atoms with E-state index in [1.54, 1.807) is 42.6 Å². The number of carbonyl (C=O) groups is 2. The van der Waals surface area contributed by atoms with E-state index in [2.05, 4.69) is 26.1 Å². The number of phenols is 1. The standard InChI is InChI=1S/C28H32F2N2O4/c1-4-11-27(2,3)17-36-24-10-7-19(12-23(24)34)25-22(20-13-28(29,30)14-20)15-32(26(35)31-25)21-8-5-18(16-33)6-9-21/h5-10,12,15-16,20,25,34H,4,11,13-14,17H2,1-3H3,(H,31,35)/t25-/m0/s1. The molecule has 0 radical (unpaired) electrons. The van der Waals surface area contributed by atoms with Crippen molar-refractivity contribution in [1.29, 1.82) is 0 Å². The molecule has 36 heavy (non-hydrogen) atoms. The number of alkyl halides is 2. The predicted octanol–water partition coefficient (Wildman–Crippen LogP) is 6.61. The number of hydrogen-bond donors (Lipinski definition) is 2. The normalized spacial score (nSPS) is 19.8. The summed E-state index contributed by atoms with van der Waals surface area (Å²) < 4.78 is 33.4. The van der Waals surface area contributed by atoms with Crippen LogP contribution in [0.1, 0.15) is 68.4 Å². The predicted molar refractivity (Wildman–Crippen MR) is 134 cm³/mol. The summed E-state index contributed by atoms with van der Waals surface area (Å²) in [7, 11) is 0. The van der Waals surface area contributed by atoms with E-state index >= 15 is 0 Å². The number of nitrogens with one attached hydrogen (secondary N) is 1. The van der Waals surface area contributed by atoms with Gasteiger partial charge in [0.05, 0.1) is 18.3 Å². The maximum Gasteiger partial charge on any atom is 0.326 e. The van der Waals surface area contributed by atoms with Crippen molar-refractivity contribution in [3.05, 3.63) is 65.4 Å². The van der Waals surface area contributed by atoms with Crippen molar-refractivity contribution in [1.82, 2.24) is 5.32 Å². The quantitative estimate of drug-likeness (QED) is 0.381. The van der Waals surface area contributed by atoms with Gasteiger partial charge in [0.15, 0.2) is 11.5 Å². The summed E-state index contributed by atoms with van der Waals surface area (Å²) >= 11 is 0. The second kappa shape index (κ2) is 9.91. The van der Waals surface area contributed by atoms with Gasteiger partial charge < -0.3 is 15.2 Å². The Morgan fingerprint density at radius 2 is 1.89 bits per heavy atom. The number of phenolic OH excluding ortho intramolecular Hbond substituents is 1. The number of amides is 2. The number of rotatable bonds is 9. The molecule has 1 heterocycles. The van der Waals surface area contributed by atoms with Crippen LogP contribution in [-0.4, -0.2) is 30.0 Å². The van der Waals surface area contributed by atoms with E-state index in [9.17, 15) is 23.5 Å². The van der Waals surface area contributed by atoms with Crippen molar-refractivity contribution in [2.75, 3.05) is 11.5 Å². The van der Waals surface area contributed by atoms with Gasteiger partial charge in [-0.3, -0.25) is 9.69 Å². The van der Waals surface area contributed by atoms with E-state index in [4.69, 9.17) is 4.74 Å². The van der Waals surface area contributed by atoms with Gasteiger partial charge in [-0.15, -0.1) is 0 Å². The summed E-state index contributed by atoms with van der Waals surface area (Å²) in [5.41, 5.74) is 2.15. The first-order chi connectivity index (χ1) is 17.0. The molecule has 8 heteroatoms. The number of ether oxygens (including phenoxy) is 1. The Morgan fingerprint density at radius 1 is 1.19 bits per heavy atom. The van der Waals surface area contributed by atoms with Crippen LogP contribution in [0.2, 0.25) is 0 Å². The molecule has 1 atom stereocenters. The van der Waals surface area contributed by atoms with Gasteiger partial charge in [-0.1, -0.05) is 33.3 Å². The van der Waals surface area contributed by atoms with Crippen LogP contribution in [0.25, 0.3) is 0 Å². The minimum atomic E-state index is -2.74. The van der Waals surface area contributed by atoms with Crippen LogP contribution in [0.3, 0.4) is 0 Å². The molecule has 1 saturated carbocycles. The fraction of sp³-hybridized carbons (Fsp3) is 0.429. The molecule has 192 valence electrons. The SMILES string of the molecule is CCCC(C)(C)COc1ccc([C@@H]2NC(=O)N(c3ccc(C=O)cc3)C=C2C2CC(F)(F)C2)cc1O. The highest BCUT2D eigenvalue weighted by atomic mass is 19.3. The van der Waals surface area contributed by atoms with E-state index in [1.807, 2.05) is 0 Å². The molecule has 1 aliphatic heterocycles. The van der Waals surface area contributed by atoms with Crippen molar-refractivity contribution in [3.63, 3.8) is 0 Å². The van der Waals surface area contributed by atoms with E-state index in [0.29, 0.717) is 41.0 Å². The van der Waals surface area contributed by atoms with Crippen LogP contribution in [0.5, 0.6) is 11.5 Å². The zero-order valence-electron chi connectivity index (χ0n) is 20.8. The molecule has 0 spiro atoms. The molecule has 0 aromatic heterocycles. The van der Waals surface area contributed by atoms with Crippen molar-refractivity contribution in [2.24, 2.45) is 11.3 Å². The van der Waals surface area contributed by atoms with Crippen LogP contribution in [0.4, 0.5) is 19.3 Å². The molecular formula is C28H32F2N2O4. The number of aldehydes is 1. The van der Waals surface area contributed by atoms with Crippen molar-refractivity contribution in [2.45, 2.75) is 58.4 Å². The van der Waals surface area contributed by atoms with E-state index < -0.39 is 23.9 Å². The number of nitrogens with zero attached hydrogens (tertiary/aromatic N) is 1. The highest BCUT2D eigenvalue weighted by Gasteiger charge is 2.49. The van der Waals surface area contributed by atoms with Gasteiger partial charge >= 0.3 is 6.03 Å². The first-order valence-corrected chi connectivity index (χ1v) is 12.2.